The number of nitrogens with one attached hydrogen (secondary N) is 1. The monoisotopic (exact) mass is 558 g/mol. The number of amides is 1. The van der Waals surface area contributed by atoms with Gasteiger partial charge >= 0.3 is 0 Å². The molecule has 0 radical (unpaired) electrons. The maximum Gasteiger partial charge on any atom is 0.251 e. The van der Waals surface area contributed by atoms with E-state index in [4.69, 9.17) is 24.5 Å². The highest BCUT2D eigenvalue weighted by molar-refractivity contribution is 7.98. The van der Waals surface area contributed by atoms with Gasteiger partial charge in [-0.2, -0.15) is 14.6 Å². The molecule has 10 heteroatoms. The Morgan fingerprint density at radius 1 is 1.07 bits per heavy atom. The van der Waals surface area contributed by atoms with Gasteiger partial charge in [0, 0.05) is 43.5 Å². The van der Waals surface area contributed by atoms with E-state index >= 15 is 0 Å². The Bertz CT molecular complexity index is 1460. The Labute approximate surface area is 238 Å². The summed E-state index contributed by atoms with van der Waals surface area (Å²) in [6.07, 6.45) is 8.01. The number of benzene rings is 2. The Morgan fingerprint density at radius 2 is 1.82 bits per heavy atom. The van der Waals surface area contributed by atoms with Crippen LogP contribution in [0.2, 0.25) is 0 Å². The minimum absolute atomic E-state index is 0.0227. The standard InChI is InChI=1S/C30H34N6O3S/c1-38-25-11-3-20(4-12-25)18-35(19-21-13-15-39-16-14-21)30-34-29(40-2)33-27-26(17-31-36(27)30)22-5-7-23(8-6-22)28(37)32-24-9-10-24/h3-8,11-12,17,21,24H,9-10,13-16,18-19H2,1-2H3,(H,32,37). The lowest BCUT2D eigenvalue weighted by atomic mass is 9.99. The predicted octanol–water partition coefficient (Wildman–Crippen LogP) is 4.85. The average molecular weight is 559 g/mol. The van der Waals surface area contributed by atoms with Crippen LogP contribution >= 0.6 is 11.8 Å². The fourth-order valence-corrected chi connectivity index (χ4v) is 5.40. The third kappa shape index (κ3) is 5.93. The summed E-state index contributed by atoms with van der Waals surface area (Å²) in [4.78, 5) is 24.6. The molecule has 2 aromatic heterocycles. The van der Waals surface area contributed by atoms with Gasteiger partial charge in [-0.25, -0.2) is 4.98 Å². The Hall–Kier alpha value is -3.63. The largest absolute Gasteiger partial charge is 0.497 e. The lowest BCUT2D eigenvalue weighted by molar-refractivity contribution is 0.0680. The number of carbonyl (C=O) groups excluding carboxylic acids is 1. The van der Waals surface area contributed by atoms with Crippen LogP contribution in [-0.4, -0.2) is 64.7 Å². The molecule has 1 aliphatic carbocycles. The van der Waals surface area contributed by atoms with E-state index in [1.807, 2.05) is 53.4 Å². The van der Waals surface area contributed by atoms with Crippen LogP contribution in [0.15, 0.2) is 59.9 Å². The van der Waals surface area contributed by atoms with Crippen LogP contribution < -0.4 is 15.0 Å². The molecule has 3 heterocycles. The van der Waals surface area contributed by atoms with Gasteiger partial charge in [0.15, 0.2) is 10.8 Å². The summed E-state index contributed by atoms with van der Waals surface area (Å²) < 4.78 is 12.8. The van der Waals surface area contributed by atoms with E-state index in [9.17, 15) is 4.79 Å². The number of rotatable bonds is 10. The first-order valence-electron chi connectivity index (χ1n) is 13.8. The quantitative estimate of drug-likeness (QED) is 0.276. The minimum Gasteiger partial charge on any atom is -0.497 e. The van der Waals surface area contributed by atoms with Crippen LogP contribution in [0.25, 0.3) is 16.8 Å². The van der Waals surface area contributed by atoms with Gasteiger partial charge in [0.1, 0.15) is 5.75 Å². The molecule has 1 amide bonds. The second kappa shape index (κ2) is 11.9. The molecule has 0 bridgehead atoms. The summed E-state index contributed by atoms with van der Waals surface area (Å²) >= 11 is 1.52. The molecule has 1 saturated carbocycles. The fourth-order valence-electron chi connectivity index (χ4n) is 5.05. The number of aromatic nitrogens is 4. The number of thioether (sulfide) groups is 1. The van der Waals surface area contributed by atoms with E-state index in [0.717, 1.165) is 79.5 Å². The maximum atomic E-state index is 12.5. The van der Waals surface area contributed by atoms with Crippen LogP contribution in [0.4, 0.5) is 5.95 Å². The van der Waals surface area contributed by atoms with Crippen molar-refractivity contribution in [2.45, 2.75) is 43.4 Å². The van der Waals surface area contributed by atoms with Crippen molar-refractivity contribution in [1.29, 1.82) is 0 Å². The first-order chi connectivity index (χ1) is 19.6. The Balaban J connectivity index is 1.35. The molecule has 208 valence electrons. The van der Waals surface area contributed by atoms with Gasteiger partial charge in [-0.15, -0.1) is 0 Å². The summed E-state index contributed by atoms with van der Waals surface area (Å²) in [5.74, 6) is 2.08. The number of fused-ring (bicyclic) bond motifs is 1. The number of ether oxygens (including phenoxy) is 2. The number of anilines is 1. The zero-order chi connectivity index (χ0) is 27.5. The molecule has 1 saturated heterocycles. The topological polar surface area (TPSA) is 93.9 Å². The molecule has 1 N–H and O–H groups in total. The molecule has 6 rings (SSSR count). The smallest absolute Gasteiger partial charge is 0.251 e. The van der Waals surface area contributed by atoms with Crippen LogP contribution in [0.3, 0.4) is 0 Å². The zero-order valence-corrected chi connectivity index (χ0v) is 23.7. The summed E-state index contributed by atoms with van der Waals surface area (Å²) in [6.45, 7) is 3.10. The molecule has 9 nitrogen and oxygen atoms in total. The number of hydrogen-bond acceptors (Lipinski definition) is 8. The average Bonchev–Trinajstić information content (AvgIpc) is 3.72. The summed E-state index contributed by atoms with van der Waals surface area (Å²) in [5, 5.41) is 8.52. The molecular weight excluding hydrogens is 524 g/mol. The molecular formula is C30H34N6O3S. The lowest BCUT2D eigenvalue weighted by Gasteiger charge is -2.30. The predicted molar refractivity (Wildman–Crippen MR) is 156 cm³/mol. The van der Waals surface area contributed by atoms with Crippen LogP contribution in [-0.2, 0) is 11.3 Å². The molecule has 40 heavy (non-hydrogen) atoms. The number of carbonyl (C=O) groups is 1. The van der Waals surface area contributed by atoms with Gasteiger partial charge in [0.05, 0.1) is 13.3 Å². The first kappa shape index (κ1) is 26.6. The number of nitrogens with zero attached hydrogens (tertiary/aromatic N) is 5. The third-order valence-corrected chi connectivity index (χ3v) is 8.07. The van der Waals surface area contributed by atoms with Crippen molar-refractivity contribution in [1.82, 2.24) is 24.9 Å². The van der Waals surface area contributed by atoms with Crippen molar-refractivity contribution >= 4 is 29.3 Å². The highest BCUT2D eigenvalue weighted by Crippen LogP contribution is 2.30. The molecule has 4 aromatic rings. The van der Waals surface area contributed by atoms with Gasteiger partial charge in [-0.3, -0.25) is 4.79 Å². The maximum absolute atomic E-state index is 12.5. The van der Waals surface area contributed by atoms with Crippen LogP contribution in [0.5, 0.6) is 5.75 Å². The van der Waals surface area contributed by atoms with E-state index in [1.54, 1.807) is 7.11 Å². The van der Waals surface area contributed by atoms with Gasteiger partial charge in [0.25, 0.3) is 5.91 Å². The molecule has 1 aliphatic heterocycles. The summed E-state index contributed by atoms with van der Waals surface area (Å²) in [7, 11) is 1.68. The van der Waals surface area contributed by atoms with Crippen molar-refractivity contribution in [3.05, 3.63) is 65.9 Å². The van der Waals surface area contributed by atoms with Gasteiger partial charge in [-0.05, 0) is 73.2 Å². The number of hydrogen-bond donors (Lipinski definition) is 1. The molecule has 2 aromatic carbocycles. The summed E-state index contributed by atoms with van der Waals surface area (Å²) in [5.41, 5.74) is 4.44. The highest BCUT2D eigenvalue weighted by atomic mass is 32.2. The van der Waals surface area contributed by atoms with Crippen LogP contribution in [0, 0.1) is 5.92 Å². The van der Waals surface area contributed by atoms with Gasteiger partial charge in [0.2, 0.25) is 5.95 Å². The summed E-state index contributed by atoms with van der Waals surface area (Å²) in [6, 6.07) is 16.2. The minimum atomic E-state index is -0.0227. The molecule has 0 unspecified atom stereocenters. The van der Waals surface area contributed by atoms with Crippen molar-refractivity contribution in [3.8, 4) is 16.9 Å². The molecule has 0 atom stereocenters. The molecule has 2 aliphatic rings. The molecule has 0 spiro atoms. The SMILES string of the molecule is COc1ccc(CN(CC2CCOCC2)c2nc(SC)nc3c(-c4ccc(C(=O)NC5CC5)cc4)cnn23)cc1. The third-order valence-electron chi connectivity index (χ3n) is 7.52. The van der Waals surface area contributed by atoms with E-state index in [1.165, 1.54) is 11.8 Å². The Kier molecular flexibility index (Phi) is 7.88. The Morgan fingerprint density at radius 3 is 2.50 bits per heavy atom. The lowest BCUT2D eigenvalue weighted by Crippen LogP contribution is -2.34. The van der Waals surface area contributed by atoms with Crippen molar-refractivity contribution in [3.63, 3.8) is 0 Å². The van der Waals surface area contributed by atoms with E-state index < -0.39 is 0 Å². The first-order valence-corrected chi connectivity index (χ1v) is 15.0. The fraction of sp³-hybridized carbons (Fsp3) is 0.400. The number of methoxy groups -OCH3 is 1. The van der Waals surface area contributed by atoms with Crippen LogP contribution in [0.1, 0.15) is 41.6 Å². The van der Waals surface area contributed by atoms with Crippen molar-refractivity contribution in [2.24, 2.45) is 5.92 Å². The second-order valence-electron chi connectivity index (χ2n) is 10.4. The zero-order valence-electron chi connectivity index (χ0n) is 22.9. The van der Waals surface area contributed by atoms with E-state index in [-0.39, 0.29) is 5.91 Å². The second-order valence-corrected chi connectivity index (χ2v) is 11.2. The van der Waals surface area contributed by atoms with Gasteiger partial charge < -0.3 is 19.7 Å². The highest BCUT2D eigenvalue weighted by Gasteiger charge is 2.25. The van der Waals surface area contributed by atoms with Gasteiger partial charge in [-0.1, -0.05) is 36.0 Å². The van der Waals surface area contributed by atoms with Crippen molar-refractivity contribution < 1.29 is 14.3 Å². The van der Waals surface area contributed by atoms with E-state index in [2.05, 4.69) is 22.3 Å². The molecule has 2 fully saturated rings. The van der Waals surface area contributed by atoms with E-state index in [0.29, 0.717) is 29.2 Å². The normalized spacial score (nSPS) is 15.8. The van der Waals surface area contributed by atoms with Crippen molar-refractivity contribution in [2.75, 3.05) is 38.0 Å².